The van der Waals surface area contributed by atoms with Gasteiger partial charge in [0.2, 0.25) is 0 Å². The molecule has 2 amide bonds. The summed E-state index contributed by atoms with van der Waals surface area (Å²) in [5, 5.41) is 7.07. The Labute approximate surface area is 125 Å². The Hall–Kier alpha value is -1.57. The number of aryl methyl sites for hydroxylation is 1. The van der Waals surface area contributed by atoms with Crippen molar-refractivity contribution in [2.75, 3.05) is 29.9 Å². The summed E-state index contributed by atoms with van der Waals surface area (Å²) in [6.45, 7) is 5.36. The van der Waals surface area contributed by atoms with Crippen LogP contribution in [0, 0.1) is 6.92 Å². The molecule has 1 aromatic rings. The number of hydrogen-bond acceptors (Lipinski definition) is 4. The Morgan fingerprint density at radius 3 is 2.67 bits per heavy atom. The summed E-state index contributed by atoms with van der Waals surface area (Å²) in [7, 11) is -2.97. The average molecular weight is 314 g/mol. The standard InChI is InChI=1S/C13H22N4O3S/c1-3-4-5-17-11(2)12(10-14-17)15-13(18)16-6-8-21(19,20)9-7-16/h10H,3-9H2,1-2H3,(H,15,18). The maximum Gasteiger partial charge on any atom is 0.321 e. The molecule has 0 spiro atoms. The van der Waals surface area contributed by atoms with E-state index in [1.54, 1.807) is 6.20 Å². The van der Waals surface area contributed by atoms with Gasteiger partial charge < -0.3 is 10.2 Å². The predicted octanol–water partition coefficient (Wildman–Crippen LogP) is 1.25. The quantitative estimate of drug-likeness (QED) is 0.906. The zero-order valence-electron chi connectivity index (χ0n) is 12.5. The van der Waals surface area contributed by atoms with Gasteiger partial charge >= 0.3 is 6.03 Å². The fourth-order valence-electron chi connectivity index (χ4n) is 2.21. The maximum absolute atomic E-state index is 12.1. The lowest BCUT2D eigenvalue weighted by atomic mass is 10.3. The molecule has 0 bridgehead atoms. The first-order chi connectivity index (χ1) is 9.93. The molecular formula is C13H22N4O3S. The van der Waals surface area contributed by atoms with Crippen molar-refractivity contribution in [2.24, 2.45) is 0 Å². The van der Waals surface area contributed by atoms with Gasteiger partial charge in [-0.05, 0) is 13.3 Å². The zero-order valence-corrected chi connectivity index (χ0v) is 13.3. The maximum atomic E-state index is 12.1. The molecule has 0 unspecified atom stereocenters. The van der Waals surface area contributed by atoms with Gasteiger partial charge in [0, 0.05) is 19.6 Å². The third-order valence-corrected chi connectivity index (χ3v) is 5.31. The fourth-order valence-corrected chi connectivity index (χ4v) is 3.41. The van der Waals surface area contributed by atoms with E-state index in [0.29, 0.717) is 5.69 Å². The van der Waals surface area contributed by atoms with E-state index in [4.69, 9.17) is 0 Å². The molecule has 21 heavy (non-hydrogen) atoms. The van der Waals surface area contributed by atoms with E-state index in [-0.39, 0.29) is 30.6 Å². The topological polar surface area (TPSA) is 84.3 Å². The molecule has 0 aliphatic carbocycles. The van der Waals surface area contributed by atoms with E-state index in [2.05, 4.69) is 17.3 Å². The third-order valence-electron chi connectivity index (χ3n) is 3.70. The lowest BCUT2D eigenvalue weighted by Crippen LogP contribution is -2.45. The number of rotatable bonds is 4. The monoisotopic (exact) mass is 314 g/mol. The minimum absolute atomic E-state index is 0.0369. The van der Waals surface area contributed by atoms with Crippen molar-refractivity contribution in [1.82, 2.24) is 14.7 Å². The average Bonchev–Trinajstić information content (AvgIpc) is 2.77. The number of carbonyl (C=O) groups excluding carboxylic acids is 1. The Bertz CT molecular complexity index is 595. The summed E-state index contributed by atoms with van der Waals surface area (Å²) >= 11 is 0. The van der Waals surface area contributed by atoms with Crippen LogP contribution in [0.4, 0.5) is 10.5 Å². The first-order valence-electron chi connectivity index (χ1n) is 7.21. The molecular weight excluding hydrogens is 292 g/mol. The van der Waals surface area contributed by atoms with E-state index in [1.165, 1.54) is 4.90 Å². The van der Waals surface area contributed by atoms with Crippen molar-refractivity contribution < 1.29 is 13.2 Å². The van der Waals surface area contributed by atoms with Crippen LogP contribution in [0.15, 0.2) is 6.20 Å². The Morgan fingerprint density at radius 2 is 2.05 bits per heavy atom. The number of urea groups is 1. The smallest absolute Gasteiger partial charge is 0.321 e. The van der Waals surface area contributed by atoms with Crippen LogP contribution in [0.1, 0.15) is 25.5 Å². The van der Waals surface area contributed by atoms with Gasteiger partial charge in [-0.3, -0.25) is 4.68 Å². The molecule has 1 aliphatic heterocycles. The van der Waals surface area contributed by atoms with Gasteiger partial charge in [-0.2, -0.15) is 5.10 Å². The highest BCUT2D eigenvalue weighted by Crippen LogP contribution is 2.15. The number of nitrogens with zero attached hydrogens (tertiary/aromatic N) is 3. The van der Waals surface area contributed by atoms with E-state index >= 15 is 0 Å². The van der Waals surface area contributed by atoms with Crippen molar-refractivity contribution in [3.05, 3.63) is 11.9 Å². The number of unbranched alkanes of at least 4 members (excludes halogenated alkanes) is 1. The lowest BCUT2D eigenvalue weighted by molar-refractivity contribution is 0.216. The van der Waals surface area contributed by atoms with Crippen LogP contribution in [0.5, 0.6) is 0 Å². The largest absolute Gasteiger partial charge is 0.322 e. The summed E-state index contributed by atoms with van der Waals surface area (Å²) in [5.74, 6) is 0.0737. The molecule has 7 nitrogen and oxygen atoms in total. The number of carbonyl (C=O) groups is 1. The number of nitrogens with one attached hydrogen (secondary N) is 1. The molecule has 118 valence electrons. The van der Waals surface area contributed by atoms with Gasteiger partial charge in [0.1, 0.15) is 0 Å². The molecule has 0 atom stereocenters. The third kappa shape index (κ3) is 3.96. The molecule has 2 heterocycles. The highest BCUT2D eigenvalue weighted by molar-refractivity contribution is 7.91. The SMILES string of the molecule is CCCCn1ncc(NC(=O)N2CCS(=O)(=O)CC2)c1C. The summed E-state index contributed by atoms with van der Waals surface area (Å²) in [6.07, 6.45) is 3.77. The normalized spacial score (nSPS) is 17.7. The summed E-state index contributed by atoms with van der Waals surface area (Å²) in [6, 6.07) is -0.261. The van der Waals surface area contributed by atoms with E-state index in [0.717, 1.165) is 25.1 Å². The number of anilines is 1. The molecule has 1 fully saturated rings. The summed E-state index contributed by atoms with van der Waals surface area (Å²) in [5.41, 5.74) is 1.60. The molecule has 1 aromatic heterocycles. The number of sulfone groups is 1. The van der Waals surface area contributed by atoms with Crippen LogP contribution in [0.25, 0.3) is 0 Å². The fraction of sp³-hybridized carbons (Fsp3) is 0.692. The molecule has 8 heteroatoms. The number of hydrogen-bond donors (Lipinski definition) is 1. The van der Waals surface area contributed by atoms with Gasteiger partial charge in [-0.1, -0.05) is 13.3 Å². The molecule has 0 radical (unpaired) electrons. The lowest BCUT2D eigenvalue weighted by Gasteiger charge is -2.26. The molecule has 2 rings (SSSR count). The van der Waals surface area contributed by atoms with Crippen molar-refractivity contribution >= 4 is 21.6 Å². The van der Waals surface area contributed by atoms with Gasteiger partial charge in [0.15, 0.2) is 9.84 Å². The van der Waals surface area contributed by atoms with Crippen LogP contribution < -0.4 is 5.32 Å². The summed E-state index contributed by atoms with van der Waals surface area (Å²) in [4.78, 5) is 13.7. The second-order valence-electron chi connectivity index (χ2n) is 5.29. The molecule has 1 N–H and O–H groups in total. The second-order valence-corrected chi connectivity index (χ2v) is 7.59. The molecule has 0 saturated carbocycles. The minimum Gasteiger partial charge on any atom is -0.322 e. The van der Waals surface area contributed by atoms with Crippen LogP contribution in [-0.4, -0.2) is 53.7 Å². The number of amides is 2. The van der Waals surface area contributed by atoms with E-state index in [9.17, 15) is 13.2 Å². The van der Waals surface area contributed by atoms with Crippen molar-refractivity contribution in [1.29, 1.82) is 0 Å². The number of aromatic nitrogens is 2. The van der Waals surface area contributed by atoms with Gasteiger partial charge in [-0.15, -0.1) is 0 Å². The van der Waals surface area contributed by atoms with Crippen LogP contribution >= 0.6 is 0 Å². The van der Waals surface area contributed by atoms with Crippen LogP contribution in [0.2, 0.25) is 0 Å². The predicted molar refractivity (Wildman–Crippen MR) is 81.1 cm³/mol. The first kappa shape index (κ1) is 15.8. The van der Waals surface area contributed by atoms with Crippen molar-refractivity contribution in [3.8, 4) is 0 Å². The highest BCUT2D eigenvalue weighted by atomic mass is 32.2. The van der Waals surface area contributed by atoms with Crippen molar-refractivity contribution in [3.63, 3.8) is 0 Å². The zero-order chi connectivity index (χ0) is 15.5. The molecule has 1 saturated heterocycles. The first-order valence-corrected chi connectivity index (χ1v) is 9.04. The minimum atomic E-state index is -2.97. The van der Waals surface area contributed by atoms with Gasteiger partial charge in [-0.25, -0.2) is 13.2 Å². The van der Waals surface area contributed by atoms with Crippen molar-refractivity contribution in [2.45, 2.75) is 33.2 Å². The highest BCUT2D eigenvalue weighted by Gasteiger charge is 2.25. The van der Waals surface area contributed by atoms with Gasteiger partial charge in [0.25, 0.3) is 0 Å². The Balaban J connectivity index is 1.95. The Kier molecular flexibility index (Phi) is 4.87. The van der Waals surface area contributed by atoms with Crippen LogP contribution in [-0.2, 0) is 16.4 Å². The van der Waals surface area contributed by atoms with E-state index < -0.39 is 9.84 Å². The molecule has 0 aromatic carbocycles. The molecule has 1 aliphatic rings. The van der Waals surface area contributed by atoms with E-state index in [1.807, 2.05) is 11.6 Å². The Morgan fingerprint density at radius 1 is 1.38 bits per heavy atom. The summed E-state index contributed by atoms with van der Waals surface area (Å²) < 4.78 is 24.6. The van der Waals surface area contributed by atoms with Crippen LogP contribution in [0.3, 0.4) is 0 Å². The van der Waals surface area contributed by atoms with Gasteiger partial charge in [0.05, 0.1) is 29.1 Å². The second kappa shape index (κ2) is 6.46.